The molecule has 0 bridgehead atoms. The predicted molar refractivity (Wildman–Crippen MR) is 138 cm³/mol. The first-order valence-corrected chi connectivity index (χ1v) is 12.6. The fourth-order valence-electron chi connectivity index (χ4n) is 4.15. The molecule has 1 unspecified atom stereocenters. The molecule has 0 spiro atoms. The molecule has 4 rings (SSSR count). The van der Waals surface area contributed by atoms with Crippen LogP contribution in [0.1, 0.15) is 30.0 Å². The summed E-state index contributed by atoms with van der Waals surface area (Å²) in [5, 5.41) is 14.9. The number of hydrogen-bond donors (Lipinski definition) is 0. The molecule has 0 radical (unpaired) electrons. The van der Waals surface area contributed by atoms with Gasteiger partial charge < -0.3 is 4.74 Å². The second-order valence-corrected chi connectivity index (χ2v) is 9.89. The molecule has 4 aromatic rings. The zero-order valence-corrected chi connectivity index (χ0v) is 21.5. The molecule has 0 aliphatic rings. The highest BCUT2D eigenvalue weighted by molar-refractivity contribution is 9.10. The quantitative estimate of drug-likeness (QED) is 0.241. The van der Waals surface area contributed by atoms with Gasteiger partial charge in [0.25, 0.3) is 0 Å². The van der Waals surface area contributed by atoms with Crippen LogP contribution in [0.5, 0.6) is 5.75 Å². The predicted octanol–water partition coefficient (Wildman–Crippen LogP) is 6.66. The lowest BCUT2D eigenvalue weighted by molar-refractivity contribution is 0.405. The number of nitriles is 1. The molecule has 0 amide bonds. The summed E-state index contributed by atoms with van der Waals surface area (Å²) in [5.41, 5.74) is 2.34. The van der Waals surface area contributed by atoms with Gasteiger partial charge in [-0.05, 0) is 65.9 Å². The van der Waals surface area contributed by atoms with Crippen molar-refractivity contribution in [1.29, 1.82) is 5.26 Å². The average Bonchev–Trinajstić information content (AvgIpc) is 3.40. The van der Waals surface area contributed by atoms with Gasteiger partial charge in [0.05, 0.1) is 18.1 Å². The molecule has 0 fully saturated rings. The van der Waals surface area contributed by atoms with Crippen molar-refractivity contribution in [2.24, 2.45) is 0 Å². The number of aromatic nitrogens is 3. The number of para-hydroxylation sites is 1. The molecular weight excluding hydrogens is 508 g/mol. The number of hydrogen-bond acceptors (Lipinski definition) is 5. The first-order valence-electron chi connectivity index (χ1n) is 11.0. The summed E-state index contributed by atoms with van der Waals surface area (Å²) in [7, 11) is 1.69. The third-order valence-electron chi connectivity index (χ3n) is 5.92. The van der Waals surface area contributed by atoms with E-state index in [1.807, 2.05) is 42.5 Å². The minimum atomic E-state index is -0.814. The molecule has 0 aliphatic heterocycles. The molecule has 0 saturated carbocycles. The highest BCUT2D eigenvalue weighted by Crippen LogP contribution is 2.41. The van der Waals surface area contributed by atoms with Crippen molar-refractivity contribution in [3.05, 3.63) is 101 Å². The molecule has 34 heavy (non-hydrogen) atoms. The highest BCUT2D eigenvalue weighted by atomic mass is 79.9. The summed E-state index contributed by atoms with van der Waals surface area (Å²) in [6.45, 7) is 2.72. The first-order chi connectivity index (χ1) is 16.6. The van der Waals surface area contributed by atoms with E-state index in [0.717, 1.165) is 43.1 Å². The maximum atomic E-state index is 10.6. The van der Waals surface area contributed by atoms with Crippen molar-refractivity contribution < 1.29 is 4.74 Å². The van der Waals surface area contributed by atoms with E-state index in [-0.39, 0.29) is 0 Å². The second-order valence-electron chi connectivity index (χ2n) is 7.86. The Kier molecular flexibility index (Phi) is 7.71. The van der Waals surface area contributed by atoms with E-state index in [2.05, 4.69) is 63.3 Å². The summed E-state index contributed by atoms with van der Waals surface area (Å²) in [4.78, 5) is 6.23. The number of aryl methyl sites for hydroxylation is 2. The Morgan fingerprint density at radius 3 is 2.59 bits per heavy atom. The Balaban J connectivity index is 1.77. The van der Waals surface area contributed by atoms with Gasteiger partial charge in [-0.1, -0.05) is 64.9 Å². The third-order valence-corrected chi connectivity index (χ3v) is 7.50. The molecule has 0 saturated heterocycles. The van der Waals surface area contributed by atoms with E-state index >= 15 is 0 Å². The van der Waals surface area contributed by atoms with Crippen LogP contribution in [0, 0.1) is 11.3 Å². The van der Waals surface area contributed by atoms with E-state index in [4.69, 9.17) is 4.74 Å². The lowest BCUT2D eigenvalue weighted by Crippen LogP contribution is -2.29. The smallest absolute Gasteiger partial charge is 0.137 e. The van der Waals surface area contributed by atoms with Crippen LogP contribution in [-0.4, -0.2) is 21.9 Å². The fraction of sp³-hybridized carbons (Fsp3) is 0.222. The van der Waals surface area contributed by atoms with Crippen LogP contribution in [-0.2, 0) is 18.4 Å². The van der Waals surface area contributed by atoms with Crippen molar-refractivity contribution in [2.75, 3.05) is 7.11 Å². The van der Waals surface area contributed by atoms with Gasteiger partial charge in [0.2, 0.25) is 0 Å². The summed E-state index contributed by atoms with van der Waals surface area (Å²) < 4.78 is 8.29. The summed E-state index contributed by atoms with van der Waals surface area (Å²) in [6, 6.07) is 25.2. The first kappa shape index (κ1) is 24.1. The van der Waals surface area contributed by atoms with Crippen LogP contribution < -0.4 is 4.74 Å². The van der Waals surface area contributed by atoms with Gasteiger partial charge in [-0.15, -0.1) is 0 Å². The molecule has 1 atom stereocenters. The Hall–Kier alpha value is -3.08. The fourth-order valence-corrected chi connectivity index (χ4v) is 5.41. The zero-order chi connectivity index (χ0) is 24.0. The number of halogens is 1. The molecule has 172 valence electrons. The normalized spacial score (nSPS) is 12.6. The van der Waals surface area contributed by atoms with Crippen LogP contribution in [0.3, 0.4) is 0 Å². The summed E-state index contributed by atoms with van der Waals surface area (Å²) >= 11 is 5.19. The standard InChI is InChI=1S/C27H25BrN4OS/c1-3-20-16-23(34-26-7-5-4-6-25(26)33-2)12-13-24(20)27(17-29,14-15-32-19-30-18-31-32)21-8-10-22(28)11-9-21/h4-13,16,18-19H,3,14-15H2,1-2H3. The van der Waals surface area contributed by atoms with Crippen molar-refractivity contribution in [1.82, 2.24) is 14.8 Å². The number of methoxy groups -OCH3 is 1. The average molecular weight is 533 g/mol. The van der Waals surface area contributed by atoms with Gasteiger partial charge in [-0.25, -0.2) is 4.98 Å². The molecule has 0 N–H and O–H groups in total. The molecule has 0 aliphatic carbocycles. The minimum Gasteiger partial charge on any atom is -0.496 e. The van der Waals surface area contributed by atoms with Crippen LogP contribution >= 0.6 is 27.7 Å². The Bertz CT molecular complexity index is 1280. The van der Waals surface area contributed by atoms with Crippen molar-refractivity contribution in [3.63, 3.8) is 0 Å². The van der Waals surface area contributed by atoms with E-state index in [9.17, 15) is 5.26 Å². The van der Waals surface area contributed by atoms with E-state index in [1.165, 1.54) is 6.33 Å². The monoisotopic (exact) mass is 532 g/mol. The van der Waals surface area contributed by atoms with Gasteiger partial charge in [0.1, 0.15) is 23.8 Å². The number of ether oxygens (including phenoxy) is 1. The SMILES string of the molecule is CCc1cc(Sc2ccccc2OC)ccc1C(C#N)(CCn1cncn1)c1ccc(Br)cc1. The van der Waals surface area contributed by atoms with Crippen molar-refractivity contribution >= 4 is 27.7 Å². The number of nitrogens with zero attached hydrogens (tertiary/aromatic N) is 4. The Morgan fingerprint density at radius 1 is 1.12 bits per heavy atom. The van der Waals surface area contributed by atoms with Crippen LogP contribution in [0.25, 0.3) is 0 Å². The molecule has 7 heteroatoms. The van der Waals surface area contributed by atoms with E-state index in [1.54, 1.807) is 29.9 Å². The van der Waals surface area contributed by atoms with Crippen LogP contribution in [0.2, 0.25) is 0 Å². The Morgan fingerprint density at radius 2 is 1.91 bits per heavy atom. The minimum absolute atomic E-state index is 0.584. The van der Waals surface area contributed by atoms with Gasteiger partial charge in [0.15, 0.2) is 0 Å². The van der Waals surface area contributed by atoms with Crippen LogP contribution in [0.4, 0.5) is 0 Å². The van der Waals surface area contributed by atoms with Gasteiger partial charge in [0, 0.05) is 15.9 Å². The second kappa shape index (κ2) is 10.9. The van der Waals surface area contributed by atoms with Crippen molar-refractivity contribution in [2.45, 2.75) is 41.5 Å². The molecular formula is C27H25BrN4OS. The summed E-state index contributed by atoms with van der Waals surface area (Å²) in [6.07, 6.45) is 4.62. The largest absolute Gasteiger partial charge is 0.496 e. The summed E-state index contributed by atoms with van der Waals surface area (Å²) in [5.74, 6) is 0.851. The lowest BCUT2D eigenvalue weighted by atomic mass is 9.71. The van der Waals surface area contributed by atoms with Gasteiger partial charge in [-0.3, -0.25) is 4.68 Å². The maximum Gasteiger partial charge on any atom is 0.137 e. The van der Waals surface area contributed by atoms with Crippen molar-refractivity contribution in [3.8, 4) is 11.8 Å². The third kappa shape index (κ3) is 5.03. The van der Waals surface area contributed by atoms with Gasteiger partial charge >= 0.3 is 0 Å². The van der Waals surface area contributed by atoms with Crippen LogP contribution in [0.15, 0.2) is 93.6 Å². The van der Waals surface area contributed by atoms with Gasteiger partial charge in [-0.2, -0.15) is 10.4 Å². The maximum absolute atomic E-state index is 10.6. The molecule has 3 aromatic carbocycles. The Labute approximate surface area is 212 Å². The van der Waals surface area contributed by atoms with E-state index in [0.29, 0.717) is 13.0 Å². The number of rotatable bonds is 9. The highest BCUT2D eigenvalue weighted by Gasteiger charge is 2.36. The molecule has 1 aromatic heterocycles. The molecule has 5 nitrogen and oxygen atoms in total. The zero-order valence-electron chi connectivity index (χ0n) is 19.1. The van der Waals surface area contributed by atoms with E-state index < -0.39 is 5.41 Å². The molecule has 1 heterocycles. The lowest BCUT2D eigenvalue weighted by Gasteiger charge is -2.30. The number of benzene rings is 3. The topological polar surface area (TPSA) is 63.7 Å².